The maximum absolute atomic E-state index is 12.4. The molecule has 1 aromatic carbocycles. The van der Waals surface area contributed by atoms with Crippen LogP contribution in [0.15, 0.2) is 18.2 Å². The average molecular weight is 259 g/mol. The molecule has 0 amide bonds. The highest BCUT2D eigenvalue weighted by atomic mass is 16.1. The molecule has 104 valence electrons. The Morgan fingerprint density at radius 3 is 2.37 bits per heavy atom. The van der Waals surface area contributed by atoms with E-state index in [-0.39, 0.29) is 17.7 Å². The van der Waals surface area contributed by atoms with Gasteiger partial charge in [-0.05, 0) is 49.8 Å². The molecular formula is C17H25NO. The molecule has 1 saturated carbocycles. The first-order valence-corrected chi connectivity index (χ1v) is 7.44. The summed E-state index contributed by atoms with van der Waals surface area (Å²) in [5.74, 6) is 0.496. The summed E-state index contributed by atoms with van der Waals surface area (Å²) < 4.78 is 0. The lowest BCUT2D eigenvalue weighted by Gasteiger charge is -2.24. The van der Waals surface area contributed by atoms with Crippen molar-refractivity contribution in [1.82, 2.24) is 0 Å². The van der Waals surface area contributed by atoms with Crippen molar-refractivity contribution in [3.8, 4) is 0 Å². The third-order valence-corrected chi connectivity index (χ3v) is 4.44. The summed E-state index contributed by atoms with van der Waals surface area (Å²) in [7, 11) is 0. The molecule has 1 aromatic rings. The van der Waals surface area contributed by atoms with Crippen LogP contribution in [0.2, 0.25) is 0 Å². The van der Waals surface area contributed by atoms with E-state index in [2.05, 4.69) is 32.0 Å². The van der Waals surface area contributed by atoms with Crippen molar-refractivity contribution in [2.75, 3.05) is 0 Å². The Morgan fingerprint density at radius 1 is 1.21 bits per heavy atom. The Hall–Kier alpha value is -1.15. The molecule has 1 atom stereocenters. The highest BCUT2D eigenvalue weighted by Crippen LogP contribution is 2.26. The molecule has 0 spiro atoms. The molecule has 1 aliphatic carbocycles. The van der Waals surface area contributed by atoms with Gasteiger partial charge in [-0.1, -0.05) is 37.5 Å². The van der Waals surface area contributed by atoms with E-state index < -0.39 is 0 Å². The van der Waals surface area contributed by atoms with E-state index >= 15 is 0 Å². The van der Waals surface area contributed by atoms with Crippen molar-refractivity contribution in [1.29, 1.82) is 0 Å². The minimum Gasteiger partial charge on any atom is -0.321 e. The SMILES string of the molecule is Cc1cccc(C)c1C[C@H](N)C(=O)C1CCCCC1. The number of carbonyl (C=O) groups excluding carboxylic acids is 1. The van der Waals surface area contributed by atoms with Crippen LogP contribution in [0, 0.1) is 19.8 Å². The summed E-state index contributed by atoms with van der Waals surface area (Å²) in [5, 5.41) is 0. The second-order valence-electron chi connectivity index (χ2n) is 5.92. The zero-order valence-electron chi connectivity index (χ0n) is 12.1. The van der Waals surface area contributed by atoms with Crippen molar-refractivity contribution in [2.24, 2.45) is 11.7 Å². The fourth-order valence-electron chi connectivity index (χ4n) is 3.18. The zero-order chi connectivity index (χ0) is 13.8. The maximum Gasteiger partial charge on any atom is 0.152 e. The standard InChI is InChI=1S/C17H25NO/c1-12-7-6-8-13(2)15(12)11-16(18)17(19)14-9-4-3-5-10-14/h6-8,14,16H,3-5,9-11,18H2,1-2H3/t16-/m0/s1. The van der Waals surface area contributed by atoms with Crippen LogP contribution in [0.4, 0.5) is 0 Å². The number of Topliss-reactive ketones (excluding diaryl/α,β-unsaturated/α-hetero) is 1. The minimum atomic E-state index is -0.331. The molecule has 0 heterocycles. The van der Waals surface area contributed by atoms with Crippen LogP contribution >= 0.6 is 0 Å². The van der Waals surface area contributed by atoms with Crippen LogP contribution in [0.5, 0.6) is 0 Å². The molecule has 0 aliphatic heterocycles. The highest BCUT2D eigenvalue weighted by Gasteiger charge is 2.26. The summed E-state index contributed by atoms with van der Waals surface area (Å²) in [6.45, 7) is 4.19. The molecule has 2 heteroatoms. The van der Waals surface area contributed by atoms with E-state index in [1.54, 1.807) is 0 Å². The minimum absolute atomic E-state index is 0.216. The predicted octanol–water partition coefficient (Wildman–Crippen LogP) is 3.32. The highest BCUT2D eigenvalue weighted by molar-refractivity contribution is 5.86. The van der Waals surface area contributed by atoms with Crippen molar-refractivity contribution >= 4 is 5.78 Å². The lowest BCUT2D eigenvalue weighted by molar-refractivity contribution is -0.125. The molecule has 19 heavy (non-hydrogen) atoms. The van der Waals surface area contributed by atoms with E-state index in [4.69, 9.17) is 5.73 Å². The lowest BCUT2D eigenvalue weighted by Crippen LogP contribution is -2.38. The van der Waals surface area contributed by atoms with Gasteiger partial charge < -0.3 is 5.73 Å². The Kier molecular flexibility index (Phi) is 4.76. The Morgan fingerprint density at radius 2 is 1.79 bits per heavy atom. The molecule has 2 N–H and O–H groups in total. The number of carbonyl (C=O) groups is 1. The predicted molar refractivity (Wildman–Crippen MR) is 79.2 cm³/mol. The quantitative estimate of drug-likeness (QED) is 0.901. The Balaban J connectivity index is 2.03. The molecule has 0 aromatic heterocycles. The monoisotopic (exact) mass is 259 g/mol. The van der Waals surface area contributed by atoms with Gasteiger partial charge in [0.25, 0.3) is 0 Å². The first-order valence-electron chi connectivity index (χ1n) is 7.44. The van der Waals surface area contributed by atoms with Gasteiger partial charge in [-0.2, -0.15) is 0 Å². The summed E-state index contributed by atoms with van der Waals surface area (Å²) in [4.78, 5) is 12.4. The average Bonchev–Trinajstić information content (AvgIpc) is 2.43. The van der Waals surface area contributed by atoms with Crippen LogP contribution in [0.1, 0.15) is 48.8 Å². The van der Waals surface area contributed by atoms with E-state index in [9.17, 15) is 4.79 Å². The molecule has 1 aliphatic rings. The van der Waals surface area contributed by atoms with Crippen LogP contribution in [0.25, 0.3) is 0 Å². The number of hydrogen-bond donors (Lipinski definition) is 1. The smallest absolute Gasteiger partial charge is 0.152 e. The largest absolute Gasteiger partial charge is 0.321 e. The van der Waals surface area contributed by atoms with E-state index in [1.807, 2.05) is 0 Å². The van der Waals surface area contributed by atoms with Gasteiger partial charge in [0.2, 0.25) is 0 Å². The molecule has 0 unspecified atom stereocenters. The van der Waals surface area contributed by atoms with Gasteiger partial charge in [-0.15, -0.1) is 0 Å². The fraction of sp³-hybridized carbons (Fsp3) is 0.588. The van der Waals surface area contributed by atoms with Crippen LogP contribution < -0.4 is 5.73 Å². The lowest BCUT2D eigenvalue weighted by atomic mass is 9.82. The number of hydrogen-bond acceptors (Lipinski definition) is 2. The summed E-state index contributed by atoms with van der Waals surface area (Å²) in [6.07, 6.45) is 6.42. The topological polar surface area (TPSA) is 43.1 Å². The third-order valence-electron chi connectivity index (χ3n) is 4.44. The number of rotatable bonds is 4. The van der Waals surface area contributed by atoms with Crippen molar-refractivity contribution in [3.05, 3.63) is 34.9 Å². The van der Waals surface area contributed by atoms with Gasteiger partial charge in [0.05, 0.1) is 6.04 Å². The van der Waals surface area contributed by atoms with Gasteiger partial charge in [0.15, 0.2) is 5.78 Å². The molecule has 2 nitrogen and oxygen atoms in total. The first-order chi connectivity index (χ1) is 9.09. The van der Waals surface area contributed by atoms with Crippen LogP contribution in [0.3, 0.4) is 0 Å². The van der Waals surface area contributed by atoms with Crippen molar-refractivity contribution in [2.45, 2.75) is 58.4 Å². The zero-order valence-corrected chi connectivity index (χ0v) is 12.1. The molecular weight excluding hydrogens is 234 g/mol. The first kappa shape index (κ1) is 14.3. The van der Waals surface area contributed by atoms with E-state index in [1.165, 1.54) is 36.0 Å². The van der Waals surface area contributed by atoms with Gasteiger partial charge in [0.1, 0.15) is 0 Å². The van der Waals surface area contributed by atoms with Crippen molar-refractivity contribution in [3.63, 3.8) is 0 Å². The van der Waals surface area contributed by atoms with Gasteiger partial charge in [-0.3, -0.25) is 4.79 Å². The maximum atomic E-state index is 12.4. The van der Waals surface area contributed by atoms with Crippen LogP contribution in [-0.4, -0.2) is 11.8 Å². The van der Waals surface area contributed by atoms with E-state index in [0.717, 1.165) is 12.8 Å². The van der Waals surface area contributed by atoms with E-state index in [0.29, 0.717) is 6.42 Å². The second kappa shape index (κ2) is 6.33. The third kappa shape index (κ3) is 3.44. The molecule has 1 fully saturated rings. The normalized spacial score (nSPS) is 18.3. The Labute approximate surface area is 116 Å². The summed E-state index contributed by atoms with van der Waals surface area (Å²) in [6, 6.07) is 5.92. The molecule has 2 rings (SSSR count). The summed E-state index contributed by atoms with van der Waals surface area (Å²) >= 11 is 0. The molecule has 0 bridgehead atoms. The summed E-state index contributed by atoms with van der Waals surface area (Å²) in [5.41, 5.74) is 9.90. The molecule has 0 radical (unpaired) electrons. The number of nitrogens with two attached hydrogens (primary N) is 1. The second-order valence-corrected chi connectivity index (χ2v) is 5.92. The molecule has 0 saturated heterocycles. The number of aryl methyl sites for hydroxylation is 2. The van der Waals surface area contributed by atoms with Gasteiger partial charge in [-0.25, -0.2) is 0 Å². The Bertz CT molecular complexity index is 426. The van der Waals surface area contributed by atoms with Crippen LogP contribution in [-0.2, 0) is 11.2 Å². The fourth-order valence-corrected chi connectivity index (χ4v) is 3.18. The van der Waals surface area contributed by atoms with Gasteiger partial charge >= 0.3 is 0 Å². The number of ketones is 1. The van der Waals surface area contributed by atoms with Gasteiger partial charge in [0, 0.05) is 5.92 Å². The number of benzene rings is 1. The van der Waals surface area contributed by atoms with Crippen molar-refractivity contribution < 1.29 is 4.79 Å².